The second-order valence-corrected chi connectivity index (χ2v) is 12.1. The number of allylic oxidation sites excluding steroid dienone is 1. The summed E-state index contributed by atoms with van der Waals surface area (Å²) in [5.74, 6) is -0.625. The number of carbonyl (C=O) groups is 3. The van der Waals surface area contributed by atoms with Crippen LogP contribution in [0.5, 0.6) is 17.4 Å². The van der Waals surface area contributed by atoms with Crippen LogP contribution < -0.4 is 19.5 Å². The van der Waals surface area contributed by atoms with E-state index in [9.17, 15) is 19.5 Å². The molecule has 5 unspecified atom stereocenters. The molecule has 5 atom stereocenters. The third kappa shape index (κ3) is 6.77. The third-order valence-electron chi connectivity index (χ3n) is 8.55. The first kappa shape index (κ1) is 31.6. The number of hydrogen-bond acceptors (Lipinski definition) is 8. The summed E-state index contributed by atoms with van der Waals surface area (Å²) in [6.45, 7) is 6.19. The summed E-state index contributed by atoms with van der Waals surface area (Å²) in [7, 11) is 1.58. The van der Waals surface area contributed by atoms with Crippen LogP contribution in [-0.4, -0.2) is 82.9 Å². The van der Waals surface area contributed by atoms with E-state index in [1.165, 1.54) is 4.90 Å². The Hall–Kier alpha value is -3.86. The Labute approximate surface area is 257 Å². The van der Waals surface area contributed by atoms with Crippen molar-refractivity contribution in [1.29, 1.82) is 0 Å². The number of aliphatic carboxylic acids is 1. The maximum Gasteiger partial charge on any atom is 0.330 e. The van der Waals surface area contributed by atoms with Gasteiger partial charge in [0, 0.05) is 29.9 Å². The number of carboxylic acids is 1. The number of nitrogens with one attached hydrogen (secondary N) is 1. The molecule has 1 aromatic heterocycles. The predicted octanol–water partition coefficient (Wildman–Crippen LogP) is 4.26. The van der Waals surface area contributed by atoms with Gasteiger partial charge in [-0.05, 0) is 58.6 Å². The molecule has 2 amide bonds. The topological polar surface area (TPSA) is 137 Å². The SMILES string of the molecule is CCOc1cc(OC2CC3C(=O)NC4(C(=O)O)CC4/C=C/CCCCCC(OC(C)C)C(=O)N3C2)c2ccc(OC)cc2n1. The van der Waals surface area contributed by atoms with E-state index in [4.69, 9.17) is 18.9 Å². The normalized spacial score (nSPS) is 28.3. The first-order chi connectivity index (χ1) is 21.1. The van der Waals surface area contributed by atoms with Gasteiger partial charge < -0.3 is 34.3 Å². The highest BCUT2D eigenvalue weighted by molar-refractivity contribution is 5.95. The number of carboxylic acid groups (broad SMARTS) is 1. The Morgan fingerprint density at radius 1 is 1.20 bits per heavy atom. The highest BCUT2D eigenvalue weighted by Crippen LogP contribution is 2.45. The first-order valence-corrected chi connectivity index (χ1v) is 15.6. The molecule has 238 valence electrons. The van der Waals surface area contributed by atoms with Crippen molar-refractivity contribution in [1.82, 2.24) is 15.2 Å². The minimum atomic E-state index is -1.37. The van der Waals surface area contributed by atoms with Crippen molar-refractivity contribution >= 4 is 28.7 Å². The van der Waals surface area contributed by atoms with E-state index in [1.54, 1.807) is 19.2 Å². The monoisotopic (exact) mass is 609 g/mol. The smallest absolute Gasteiger partial charge is 0.330 e. The van der Waals surface area contributed by atoms with Crippen LogP contribution in [0.1, 0.15) is 65.7 Å². The number of carbonyl (C=O) groups excluding carboxylic acids is 2. The van der Waals surface area contributed by atoms with Crippen molar-refractivity contribution in [3.63, 3.8) is 0 Å². The van der Waals surface area contributed by atoms with Crippen LogP contribution in [-0.2, 0) is 19.1 Å². The lowest BCUT2D eigenvalue weighted by Gasteiger charge is -2.29. The zero-order valence-electron chi connectivity index (χ0n) is 25.9. The van der Waals surface area contributed by atoms with Gasteiger partial charge in [0.15, 0.2) is 0 Å². The van der Waals surface area contributed by atoms with Crippen LogP contribution >= 0.6 is 0 Å². The molecule has 11 heteroatoms. The van der Waals surface area contributed by atoms with Gasteiger partial charge in [0.25, 0.3) is 5.91 Å². The van der Waals surface area contributed by atoms with Crippen LogP contribution in [0.2, 0.25) is 0 Å². The molecule has 3 heterocycles. The van der Waals surface area contributed by atoms with Gasteiger partial charge in [-0.2, -0.15) is 0 Å². The van der Waals surface area contributed by atoms with Crippen molar-refractivity contribution in [3.8, 4) is 17.4 Å². The second kappa shape index (κ2) is 13.4. The quantitative estimate of drug-likeness (QED) is 0.421. The molecule has 2 aromatic rings. The molecule has 3 aliphatic rings. The molecule has 0 bridgehead atoms. The molecule has 0 spiro atoms. The van der Waals surface area contributed by atoms with Gasteiger partial charge in [-0.3, -0.25) is 9.59 Å². The molecule has 2 fully saturated rings. The first-order valence-electron chi connectivity index (χ1n) is 15.6. The maximum absolute atomic E-state index is 14.1. The highest BCUT2D eigenvalue weighted by atomic mass is 16.5. The van der Waals surface area contributed by atoms with Crippen molar-refractivity contribution in [2.45, 2.75) is 95.6 Å². The minimum Gasteiger partial charge on any atom is -0.497 e. The van der Waals surface area contributed by atoms with Crippen molar-refractivity contribution in [3.05, 3.63) is 36.4 Å². The lowest BCUT2D eigenvalue weighted by molar-refractivity contribution is -0.152. The number of nitrogens with zero attached hydrogens (tertiary/aromatic N) is 2. The average molecular weight is 610 g/mol. The molecule has 1 saturated heterocycles. The van der Waals surface area contributed by atoms with Crippen LogP contribution in [0, 0.1) is 5.92 Å². The number of amides is 2. The standard InChI is InChI=1S/C33H43N3O8/c1-5-42-29-17-28(24-14-13-22(41-4)15-25(24)34-29)44-23-16-26-30(37)35-33(32(39)40)18-21(33)11-9-7-6-8-10-12-27(43-20(2)3)31(38)36(26)19-23/h9,11,13-15,17,20-21,23,26-27H,5-8,10,12,16,18-19H2,1-4H3,(H,35,37)(H,39,40)/b11-9+. The largest absolute Gasteiger partial charge is 0.497 e. The molecule has 1 saturated carbocycles. The zero-order valence-corrected chi connectivity index (χ0v) is 25.9. The highest BCUT2D eigenvalue weighted by Gasteiger charge is 2.61. The summed E-state index contributed by atoms with van der Waals surface area (Å²) in [4.78, 5) is 46.4. The zero-order chi connectivity index (χ0) is 31.4. The third-order valence-corrected chi connectivity index (χ3v) is 8.55. The number of pyridine rings is 1. The van der Waals surface area contributed by atoms with Crippen LogP contribution in [0.3, 0.4) is 0 Å². The Balaban J connectivity index is 1.47. The number of ether oxygens (including phenoxy) is 4. The lowest BCUT2D eigenvalue weighted by atomic mass is 10.1. The summed E-state index contributed by atoms with van der Waals surface area (Å²) in [5.41, 5.74) is -0.754. The van der Waals surface area contributed by atoms with E-state index < -0.39 is 35.7 Å². The fourth-order valence-corrected chi connectivity index (χ4v) is 6.21. The fourth-order valence-electron chi connectivity index (χ4n) is 6.21. The predicted molar refractivity (Wildman–Crippen MR) is 163 cm³/mol. The number of aromatic nitrogens is 1. The summed E-state index contributed by atoms with van der Waals surface area (Å²) >= 11 is 0. The van der Waals surface area contributed by atoms with E-state index in [-0.39, 0.29) is 30.9 Å². The van der Waals surface area contributed by atoms with Gasteiger partial charge in [-0.1, -0.05) is 25.0 Å². The number of fused-ring (bicyclic) bond motifs is 3. The molecule has 1 aliphatic carbocycles. The van der Waals surface area contributed by atoms with Crippen LogP contribution in [0.15, 0.2) is 36.4 Å². The number of rotatable bonds is 8. The molecular formula is C33H43N3O8. The van der Waals surface area contributed by atoms with Crippen molar-refractivity contribution < 1.29 is 38.4 Å². The van der Waals surface area contributed by atoms with Gasteiger partial charge in [0.2, 0.25) is 11.8 Å². The molecule has 44 heavy (non-hydrogen) atoms. The number of methoxy groups -OCH3 is 1. The minimum absolute atomic E-state index is 0.141. The van der Waals surface area contributed by atoms with E-state index >= 15 is 0 Å². The molecule has 11 nitrogen and oxygen atoms in total. The summed E-state index contributed by atoms with van der Waals surface area (Å²) < 4.78 is 23.7. The summed E-state index contributed by atoms with van der Waals surface area (Å²) in [6.07, 6.45) is 6.96. The average Bonchev–Trinajstić information content (AvgIpc) is 3.52. The molecule has 5 rings (SSSR count). The second-order valence-electron chi connectivity index (χ2n) is 12.1. The molecule has 1 aromatic carbocycles. The Bertz CT molecular complexity index is 1410. The Morgan fingerprint density at radius 3 is 2.75 bits per heavy atom. The Kier molecular flexibility index (Phi) is 9.62. The van der Waals surface area contributed by atoms with E-state index in [2.05, 4.69) is 10.3 Å². The Morgan fingerprint density at radius 2 is 2.02 bits per heavy atom. The van der Waals surface area contributed by atoms with Crippen molar-refractivity contribution in [2.24, 2.45) is 5.92 Å². The van der Waals surface area contributed by atoms with E-state index in [0.717, 1.165) is 31.1 Å². The maximum atomic E-state index is 14.1. The van der Waals surface area contributed by atoms with E-state index in [1.807, 2.05) is 45.1 Å². The number of benzene rings is 1. The molecule has 2 aliphatic heterocycles. The van der Waals surface area contributed by atoms with Gasteiger partial charge >= 0.3 is 5.97 Å². The van der Waals surface area contributed by atoms with Gasteiger partial charge in [-0.25, -0.2) is 9.78 Å². The molecule has 0 radical (unpaired) electrons. The van der Waals surface area contributed by atoms with Crippen LogP contribution in [0.25, 0.3) is 10.9 Å². The molecular weight excluding hydrogens is 566 g/mol. The van der Waals surface area contributed by atoms with Gasteiger partial charge in [-0.15, -0.1) is 0 Å². The lowest BCUT2D eigenvalue weighted by Crippen LogP contribution is -2.54. The fraction of sp³-hybridized carbons (Fsp3) is 0.576. The van der Waals surface area contributed by atoms with Crippen LogP contribution in [0.4, 0.5) is 0 Å². The van der Waals surface area contributed by atoms with E-state index in [0.29, 0.717) is 42.3 Å². The van der Waals surface area contributed by atoms with Gasteiger partial charge in [0.05, 0.1) is 31.9 Å². The van der Waals surface area contributed by atoms with Gasteiger partial charge in [0.1, 0.15) is 35.3 Å². The number of hydrogen-bond donors (Lipinski definition) is 2. The molecule has 2 N–H and O–H groups in total. The summed E-state index contributed by atoms with van der Waals surface area (Å²) in [5, 5.41) is 13.6. The summed E-state index contributed by atoms with van der Waals surface area (Å²) in [6, 6.07) is 6.24. The van der Waals surface area contributed by atoms with Crippen molar-refractivity contribution in [2.75, 3.05) is 20.3 Å².